The maximum Gasteiger partial charge on any atom is 0.272 e. The Labute approximate surface area is 222 Å². The van der Waals surface area contributed by atoms with Crippen molar-refractivity contribution in [1.29, 1.82) is 0 Å². The molecule has 0 saturated carbocycles. The van der Waals surface area contributed by atoms with Gasteiger partial charge < -0.3 is 14.5 Å². The molecule has 5 rings (SSSR count). The van der Waals surface area contributed by atoms with E-state index in [-0.39, 0.29) is 33.6 Å². The van der Waals surface area contributed by atoms with Gasteiger partial charge in [-0.2, -0.15) is 0 Å². The summed E-state index contributed by atoms with van der Waals surface area (Å²) in [6.07, 6.45) is 6.10. The van der Waals surface area contributed by atoms with E-state index in [1.807, 2.05) is 17.9 Å². The van der Waals surface area contributed by atoms with E-state index in [1.54, 1.807) is 23.2 Å². The van der Waals surface area contributed by atoms with Crippen molar-refractivity contribution in [3.63, 3.8) is 0 Å². The van der Waals surface area contributed by atoms with Crippen LogP contribution in [-0.2, 0) is 0 Å². The molecule has 1 aliphatic rings. The van der Waals surface area contributed by atoms with Gasteiger partial charge in [0.25, 0.3) is 5.91 Å². The summed E-state index contributed by atoms with van der Waals surface area (Å²) < 4.78 is 34.4. The molecule has 0 bridgehead atoms. The molecule has 0 N–H and O–H groups in total. The molecular formula is C27H23ClF2N6O2. The van der Waals surface area contributed by atoms with Gasteiger partial charge in [-0.25, -0.2) is 18.7 Å². The van der Waals surface area contributed by atoms with E-state index in [4.69, 9.17) is 21.3 Å². The van der Waals surface area contributed by atoms with Crippen molar-refractivity contribution in [2.45, 2.75) is 6.92 Å². The second kappa shape index (κ2) is 10.7. The zero-order chi connectivity index (χ0) is 26.8. The normalized spacial score (nSPS) is 13.5. The van der Waals surface area contributed by atoms with Gasteiger partial charge in [-0.05, 0) is 30.7 Å². The molecule has 0 radical (unpaired) electrons. The van der Waals surface area contributed by atoms with E-state index in [9.17, 15) is 9.18 Å². The summed E-state index contributed by atoms with van der Waals surface area (Å²) in [5.74, 6) is -1.26. The highest BCUT2D eigenvalue weighted by Gasteiger charge is 2.26. The van der Waals surface area contributed by atoms with Crippen LogP contribution in [0.25, 0.3) is 22.5 Å². The van der Waals surface area contributed by atoms with Crippen LogP contribution >= 0.6 is 11.6 Å². The number of carbonyl (C=O) groups is 1. The van der Waals surface area contributed by atoms with Crippen LogP contribution < -0.4 is 9.64 Å². The first kappa shape index (κ1) is 25.5. The second-order valence-electron chi connectivity index (χ2n) is 8.70. The molecule has 38 heavy (non-hydrogen) atoms. The van der Waals surface area contributed by atoms with Gasteiger partial charge in [0, 0.05) is 62.0 Å². The predicted octanol–water partition coefficient (Wildman–Crippen LogP) is 4.81. The first-order valence-electron chi connectivity index (χ1n) is 11.8. The monoisotopic (exact) mass is 536 g/mol. The van der Waals surface area contributed by atoms with E-state index < -0.39 is 11.6 Å². The Morgan fingerprint density at radius 1 is 0.974 bits per heavy atom. The molecule has 0 spiro atoms. The van der Waals surface area contributed by atoms with Crippen LogP contribution in [0.2, 0.25) is 5.02 Å². The van der Waals surface area contributed by atoms with Gasteiger partial charge in [-0.1, -0.05) is 17.7 Å². The lowest BCUT2D eigenvalue weighted by molar-refractivity contribution is 0.0740. The first-order chi connectivity index (χ1) is 18.4. The van der Waals surface area contributed by atoms with Gasteiger partial charge in [0.05, 0.1) is 24.0 Å². The Hall–Kier alpha value is -4.18. The molecule has 4 aromatic rings. The molecule has 0 unspecified atom stereocenters. The Morgan fingerprint density at radius 3 is 2.47 bits per heavy atom. The average molecular weight is 537 g/mol. The topological polar surface area (TPSA) is 84.3 Å². The van der Waals surface area contributed by atoms with Crippen molar-refractivity contribution in [3.8, 4) is 28.3 Å². The van der Waals surface area contributed by atoms with Crippen molar-refractivity contribution >= 4 is 23.3 Å². The number of nitrogens with zero attached hydrogens (tertiary/aromatic N) is 6. The lowest BCUT2D eigenvalue weighted by atomic mass is 10.0. The van der Waals surface area contributed by atoms with Crippen LogP contribution in [-0.4, -0.2) is 64.0 Å². The third-order valence-electron chi connectivity index (χ3n) is 6.39. The minimum Gasteiger partial charge on any atom is -0.494 e. The highest BCUT2D eigenvalue weighted by Crippen LogP contribution is 2.37. The number of hydrogen-bond donors (Lipinski definition) is 0. The fraction of sp³-hybridized carbons (Fsp3) is 0.222. The summed E-state index contributed by atoms with van der Waals surface area (Å²) in [6.45, 7) is 3.78. The quantitative estimate of drug-likeness (QED) is 0.362. The molecule has 194 valence electrons. The molecule has 1 aromatic carbocycles. The lowest BCUT2D eigenvalue weighted by Gasteiger charge is -2.35. The number of carbonyl (C=O) groups excluding carboxylic acids is 1. The molecule has 1 fully saturated rings. The van der Waals surface area contributed by atoms with Gasteiger partial charge in [-0.3, -0.25) is 14.8 Å². The fourth-order valence-electron chi connectivity index (χ4n) is 4.35. The zero-order valence-electron chi connectivity index (χ0n) is 20.7. The molecule has 4 heterocycles. The van der Waals surface area contributed by atoms with Gasteiger partial charge in [0.2, 0.25) is 0 Å². The SMILES string of the molecule is COc1cc(F)c(-c2ncc(N3CCN(C(=O)c4ncccc4C)CC3)nc2-c2ccncc2Cl)cc1F. The number of anilines is 1. The molecule has 1 amide bonds. The van der Waals surface area contributed by atoms with Gasteiger partial charge in [0.1, 0.15) is 23.0 Å². The molecule has 0 aliphatic carbocycles. The van der Waals surface area contributed by atoms with E-state index in [0.29, 0.717) is 43.3 Å². The number of hydrogen-bond acceptors (Lipinski definition) is 7. The number of methoxy groups -OCH3 is 1. The predicted molar refractivity (Wildman–Crippen MR) is 139 cm³/mol. The summed E-state index contributed by atoms with van der Waals surface area (Å²) in [5, 5.41) is 0.288. The van der Waals surface area contributed by atoms with Crippen molar-refractivity contribution in [1.82, 2.24) is 24.8 Å². The molecule has 3 aromatic heterocycles. The molecular weight excluding hydrogens is 514 g/mol. The van der Waals surface area contributed by atoms with Gasteiger partial charge >= 0.3 is 0 Å². The number of aromatic nitrogens is 4. The number of halogens is 3. The molecule has 1 saturated heterocycles. The zero-order valence-corrected chi connectivity index (χ0v) is 21.4. The van der Waals surface area contributed by atoms with Crippen molar-refractivity contribution in [2.75, 3.05) is 38.2 Å². The maximum absolute atomic E-state index is 15.0. The van der Waals surface area contributed by atoms with E-state index >= 15 is 4.39 Å². The van der Waals surface area contributed by atoms with Crippen molar-refractivity contribution < 1.29 is 18.3 Å². The summed E-state index contributed by atoms with van der Waals surface area (Å²) >= 11 is 6.42. The summed E-state index contributed by atoms with van der Waals surface area (Å²) in [5.41, 5.74) is 2.06. The third kappa shape index (κ3) is 4.87. The van der Waals surface area contributed by atoms with Crippen molar-refractivity contribution in [2.24, 2.45) is 0 Å². The summed E-state index contributed by atoms with van der Waals surface area (Å²) in [4.78, 5) is 34.2. The van der Waals surface area contributed by atoms with Crippen LogP contribution in [0, 0.1) is 18.6 Å². The van der Waals surface area contributed by atoms with Crippen LogP contribution in [0.1, 0.15) is 16.1 Å². The molecule has 8 nitrogen and oxygen atoms in total. The average Bonchev–Trinajstić information content (AvgIpc) is 2.94. The van der Waals surface area contributed by atoms with Crippen LogP contribution in [0.3, 0.4) is 0 Å². The van der Waals surface area contributed by atoms with Crippen LogP contribution in [0.15, 0.2) is 55.1 Å². The number of pyridine rings is 2. The number of amides is 1. The van der Waals surface area contributed by atoms with E-state index in [1.165, 1.54) is 25.7 Å². The number of piperazine rings is 1. The maximum atomic E-state index is 15.0. The number of rotatable bonds is 5. The van der Waals surface area contributed by atoms with E-state index in [2.05, 4.69) is 15.0 Å². The standard InChI is InChI=1S/C27H23ClF2N6O2/c1-16-4-3-6-32-24(16)27(37)36-10-8-35(9-11-36)23-15-33-25(18-12-21(30)22(38-2)13-20(18)29)26(34-23)17-5-7-31-14-19(17)28/h3-7,12-15H,8-11H2,1-2H3. The lowest BCUT2D eigenvalue weighted by Crippen LogP contribution is -2.49. The molecule has 0 atom stereocenters. The Balaban J connectivity index is 1.47. The summed E-state index contributed by atoms with van der Waals surface area (Å²) in [6, 6.07) is 7.30. The van der Waals surface area contributed by atoms with Crippen LogP contribution in [0.4, 0.5) is 14.6 Å². The minimum absolute atomic E-state index is 0.0774. The Morgan fingerprint density at radius 2 is 1.76 bits per heavy atom. The number of benzene rings is 1. The van der Waals surface area contributed by atoms with Gasteiger partial charge in [-0.15, -0.1) is 0 Å². The fourth-order valence-corrected chi connectivity index (χ4v) is 4.56. The second-order valence-corrected chi connectivity index (χ2v) is 9.10. The Kier molecular flexibility index (Phi) is 7.15. The number of ether oxygens (including phenoxy) is 1. The molecule has 1 aliphatic heterocycles. The highest BCUT2D eigenvalue weighted by atomic mass is 35.5. The van der Waals surface area contributed by atoms with Crippen LogP contribution in [0.5, 0.6) is 5.75 Å². The highest BCUT2D eigenvalue weighted by molar-refractivity contribution is 6.33. The largest absolute Gasteiger partial charge is 0.494 e. The minimum atomic E-state index is -0.731. The molecule has 11 heteroatoms. The van der Waals surface area contributed by atoms with E-state index in [0.717, 1.165) is 17.7 Å². The Bertz CT molecular complexity index is 1510. The van der Waals surface area contributed by atoms with Gasteiger partial charge in [0.15, 0.2) is 11.6 Å². The van der Waals surface area contributed by atoms with Crippen molar-refractivity contribution in [3.05, 3.63) is 83.0 Å². The first-order valence-corrected chi connectivity index (χ1v) is 12.2. The number of aryl methyl sites for hydroxylation is 1. The third-order valence-corrected chi connectivity index (χ3v) is 6.69. The smallest absolute Gasteiger partial charge is 0.272 e. The summed E-state index contributed by atoms with van der Waals surface area (Å²) in [7, 11) is 1.26.